The van der Waals surface area contributed by atoms with Gasteiger partial charge in [-0.2, -0.15) is 15.0 Å². The van der Waals surface area contributed by atoms with E-state index in [4.69, 9.17) is 5.11 Å². The molecule has 0 unspecified atom stereocenters. The molecule has 0 aliphatic carbocycles. The molecular weight excluding hydrogens is 268 g/mol. The molecule has 0 bridgehead atoms. The number of carbonyl (C=O) groups is 1. The molecule has 0 radical (unpaired) electrons. The second-order valence-electron chi connectivity index (χ2n) is 4.87. The molecule has 112 valence electrons. The topological polar surface area (TPSA) is 80.0 Å². The number of aryl methyl sites for hydroxylation is 3. The van der Waals surface area contributed by atoms with Gasteiger partial charge in [-0.1, -0.05) is 12.1 Å². The quantitative estimate of drug-likeness (QED) is 0.816. The van der Waals surface area contributed by atoms with Crippen LogP contribution in [-0.4, -0.2) is 26.1 Å². The summed E-state index contributed by atoms with van der Waals surface area (Å²) in [6, 6.07) is 7.80. The zero-order valence-corrected chi connectivity index (χ0v) is 12.3. The van der Waals surface area contributed by atoms with Crippen LogP contribution in [0.25, 0.3) is 0 Å². The summed E-state index contributed by atoms with van der Waals surface area (Å²) >= 11 is 0. The highest BCUT2D eigenvalue weighted by Gasteiger charge is 2.06. The summed E-state index contributed by atoms with van der Waals surface area (Å²) in [5.41, 5.74) is 3.82. The van der Waals surface area contributed by atoms with Crippen LogP contribution in [0.4, 0.5) is 5.69 Å². The van der Waals surface area contributed by atoms with Crippen LogP contribution in [0.5, 0.6) is 0 Å². The van der Waals surface area contributed by atoms with Crippen LogP contribution in [0.15, 0.2) is 24.3 Å². The van der Waals surface area contributed by atoms with Gasteiger partial charge in [-0.3, -0.25) is 4.79 Å². The maximum absolute atomic E-state index is 10.6. The van der Waals surface area contributed by atoms with E-state index in [1.807, 2.05) is 38.1 Å². The van der Waals surface area contributed by atoms with Crippen LogP contribution in [0.1, 0.15) is 30.3 Å². The fraction of sp³-hybridized carbons (Fsp3) is 0.400. The summed E-state index contributed by atoms with van der Waals surface area (Å²) < 4.78 is 0. The molecule has 0 spiro atoms. The Labute approximate surface area is 123 Å². The van der Waals surface area contributed by atoms with Crippen molar-refractivity contribution in [3.8, 4) is 0 Å². The predicted molar refractivity (Wildman–Crippen MR) is 80.2 cm³/mol. The van der Waals surface area contributed by atoms with Crippen molar-refractivity contribution < 1.29 is 9.90 Å². The molecular formula is C15H20N4O2. The maximum Gasteiger partial charge on any atom is 0.303 e. The van der Waals surface area contributed by atoms with E-state index < -0.39 is 5.97 Å². The lowest BCUT2D eigenvalue weighted by Crippen LogP contribution is -2.04. The third-order valence-electron chi connectivity index (χ3n) is 3.22. The van der Waals surface area contributed by atoms with Gasteiger partial charge >= 0.3 is 5.97 Å². The Morgan fingerprint density at radius 3 is 2.86 bits per heavy atom. The minimum atomic E-state index is -0.778. The van der Waals surface area contributed by atoms with Gasteiger partial charge in [-0.15, -0.1) is 0 Å². The zero-order chi connectivity index (χ0) is 15.2. The van der Waals surface area contributed by atoms with Crippen molar-refractivity contribution >= 4 is 11.7 Å². The third-order valence-corrected chi connectivity index (χ3v) is 3.22. The van der Waals surface area contributed by atoms with Crippen molar-refractivity contribution in [2.75, 3.05) is 5.32 Å². The van der Waals surface area contributed by atoms with Crippen molar-refractivity contribution in [1.82, 2.24) is 15.0 Å². The first-order valence-electron chi connectivity index (χ1n) is 7.03. The third kappa shape index (κ3) is 4.30. The van der Waals surface area contributed by atoms with Gasteiger partial charge in [0.25, 0.3) is 0 Å². The molecule has 2 rings (SSSR count). The van der Waals surface area contributed by atoms with E-state index in [-0.39, 0.29) is 6.42 Å². The number of nitrogens with zero attached hydrogens (tertiary/aromatic N) is 3. The van der Waals surface area contributed by atoms with Gasteiger partial charge in [-0.25, -0.2) is 0 Å². The average molecular weight is 288 g/mol. The number of aliphatic carboxylic acids is 1. The van der Waals surface area contributed by atoms with Crippen LogP contribution in [0, 0.1) is 6.92 Å². The Balaban J connectivity index is 1.97. The summed E-state index contributed by atoms with van der Waals surface area (Å²) in [6.07, 6.45) is 0.684. The molecule has 0 atom stereocenters. The molecule has 1 aromatic carbocycles. The SMILES string of the molecule is CCn1nc(C)c(CNc2cccc(CCC(=O)O)c2)n1. The number of hydrogen-bond donors (Lipinski definition) is 2. The van der Waals surface area contributed by atoms with Crippen LogP contribution in [-0.2, 0) is 24.3 Å². The van der Waals surface area contributed by atoms with Crippen molar-refractivity contribution in [1.29, 1.82) is 0 Å². The number of benzene rings is 1. The van der Waals surface area contributed by atoms with Gasteiger partial charge in [-0.05, 0) is 38.0 Å². The van der Waals surface area contributed by atoms with Gasteiger partial charge in [0.15, 0.2) is 0 Å². The van der Waals surface area contributed by atoms with Crippen LogP contribution in [0.3, 0.4) is 0 Å². The molecule has 0 fully saturated rings. The number of rotatable bonds is 7. The van der Waals surface area contributed by atoms with Crippen LogP contribution in [0.2, 0.25) is 0 Å². The molecule has 0 saturated heterocycles. The van der Waals surface area contributed by atoms with Gasteiger partial charge in [0.1, 0.15) is 5.69 Å². The normalized spacial score (nSPS) is 10.6. The Morgan fingerprint density at radius 2 is 2.19 bits per heavy atom. The molecule has 1 heterocycles. The van der Waals surface area contributed by atoms with E-state index in [9.17, 15) is 4.79 Å². The van der Waals surface area contributed by atoms with E-state index >= 15 is 0 Å². The van der Waals surface area contributed by atoms with Crippen molar-refractivity contribution in [3.63, 3.8) is 0 Å². The Bertz CT molecular complexity index is 622. The largest absolute Gasteiger partial charge is 0.481 e. The van der Waals surface area contributed by atoms with E-state index in [2.05, 4.69) is 15.5 Å². The van der Waals surface area contributed by atoms with Crippen molar-refractivity contribution in [2.24, 2.45) is 0 Å². The number of carboxylic acid groups (broad SMARTS) is 1. The lowest BCUT2D eigenvalue weighted by molar-refractivity contribution is -0.136. The van der Waals surface area contributed by atoms with E-state index in [0.29, 0.717) is 13.0 Å². The second kappa shape index (κ2) is 6.88. The molecule has 0 amide bonds. The summed E-state index contributed by atoms with van der Waals surface area (Å²) in [5, 5.41) is 20.7. The molecule has 6 heteroatoms. The highest BCUT2D eigenvalue weighted by atomic mass is 16.4. The monoisotopic (exact) mass is 288 g/mol. The van der Waals surface area contributed by atoms with Crippen molar-refractivity contribution in [2.45, 2.75) is 39.8 Å². The molecule has 0 aliphatic rings. The van der Waals surface area contributed by atoms with Crippen molar-refractivity contribution in [3.05, 3.63) is 41.2 Å². The van der Waals surface area contributed by atoms with Crippen LogP contribution < -0.4 is 5.32 Å². The molecule has 0 aliphatic heterocycles. The van der Waals surface area contributed by atoms with Gasteiger partial charge < -0.3 is 10.4 Å². The lowest BCUT2D eigenvalue weighted by Gasteiger charge is -2.07. The number of carboxylic acids is 1. The maximum atomic E-state index is 10.6. The first kappa shape index (κ1) is 15.0. The van der Waals surface area contributed by atoms with E-state index in [0.717, 1.165) is 29.2 Å². The molecule has 2 N–H and O–H groups in total. The van der Waals surface area contributed by atoms with Gasteiger partial charge in [0, 0.05) is 12.1 Å². The lowest BCUT2D eigenvalue weighted by atomic mass is 10.1. The molecule has 2 aromatic rings. The first-order valence-corrected chi connectivity index (χ1v) is 7.03. The van der Waals surface area contributed by atoms with E-state index in [1.165, 1.54) is 0 Å². The Hall–Kier alpha value is -2.37. The summed E-state index contributed by atoms with van der Waals surface area (Å²) in [7, 11) is 0. The fourth-order valence-corrected chi connectivity index (χ4v) is 2.04. The van der Waals surface area contributed by atoms with Gasteiger partial charge in [0.2, 0.25) is 0 Å². The summed E-state index contributed by atoms with van der Waals surface area (Å²) in [4.78, 5) is 12.3. The number of hydrogen-bond acceptors (Lipinski definition) is 4. The van der Waals surface area contributed by atoms with Gasteiger partial charge in [0.05, 0.1) is 18.8 Å². The minimum absolute atomic E-state index is 0.146. The standard InChI is InChI=1S/C15H20N4O2/c1-3-19-17-11(2)14(18-19)10-16-13-6-4-5-12(9-13)7-8-15(20)21/h4-6,9,16H,3,7-8,10H2,1-2H3,(H,20,21). The number of nitrogens with one attached hydrogen (secondary N) is 1. The molecule has 21 heavy (non-hydrogen) atoms. The fourth-order valence-electron chi connectivity index (χ4n) is 2.04. The predicted octanol–water partition coefficient (Wildman–Crippen LogP) is 2.24. The summed E-state index contributed by atoms with van der Waals surface area (Å²) in [5.74, 6) is -0.778. The molecule has 0 saturated carbocycles. The minimum Gasteiger partial charge on any atom is -0.481 e. The number of aromatic nitrogens is 3. The summed E-state index contributed by atoms with van der Waals surface area (Å²) in [6.45, 7) is 5.31. The van der Waals surface area contributed by atoms with Crippen LogP contribution >= 0.6 is 0 Å². The molecule has 1 aromatic heterocycles. The first-order chi connectivity index (χ1) is 10.1. The number of anilines is 1. The smallest absolute Gasteiger partial charge is 0.303 e. The van der Waals surface area contributed by atoms with E-state index in [1.54, 1.807) is 4.80 Å². The highest BCUT2D eigenvalue weighted by molar-refractivity contribution is 5.67. The molecule has 6 nitrogen and oxygen atoms in total. The second-order valence-corrected chi connectivity index (χ2v) is 4.87. The zero-order valence-electron chi connectivity index (χ0n) is 12.3. The Kier molecular flexibility index (Phi) is 4.92. The average Bonchev–Trinajstić information content (AvgIpc) is 2.84. The Morgan fingerprint density at radius 1 is 1.38 bits per heavy atom. The highest BCUT2D eigenvalue weighted by Crippen LogP contribution is 2.14.